The van der Waals surface area contributed by atoms with E-state index in [1.54, 1.807) is 13.2 Å². The van der Waals surface area contributed by atoms with Gasteiger partial charge in [-0.15, -0.1) is 11.3 Å². The molecule has 0 bridgehead atoms. The molecule has 6 nitrogen and oxygen atoms in total. The van der Waals surface area contributed by atoms with Crippen LogP contribution in [0.5, 0.6) is 11.5 Å². The van der Waals surface area contributed by atoms with Crippen molar-refractivity contribution in [1.82, 2.24) is 4.98 Å². The summed E-state index contributed by atoms with van der Waals surface area (Å²) in [4.78, 5) is 17.0. The molecule has 0 fully saturated rings. The zero-order valence-electron chi connectivity index (χ0n) is 15.4. The first-order chi connectivity index (χ1) is 13.7. The molecule has 0 saturated heterocycles. The number of nitrogens with one attached hydrogen (secondary N) is 1. The first-order valence-corrected chi connectivity index (χ1v) is 9.84. The van der Waals surface area contributed by atoms with Gasteiger partial charge in [0, 0.05) is 18.1 Å². The third-order valence-electron chi connectivity index (χ3n) is 4.38. The Bertz CT molecular complexity index is 955. The van der Waals surface area contributed by atoms with E-state index < -0.39 is 6.10 Å². The second-order valence-corrected chi connectivity index (χ2v) is 7.19. The van der Waals surface area contributed by atoms with E-state index in [1.165, 1.54) is 16.9 Å². The maximum Gasteiger partial charge on any atom is 0.270 e. The Kier molecular flexibility index (Phi) is 5.55. The van der Waals surface area contributed by atoms with E-state index in [-0.39, 0.29) is 12.5 Å². The number of aromatic nitrogens is 1. The van der Waals surface area contributed by atoms with Gasteiger partial charge in [-0.3, -0.25) is 10.1 Å². The van der Waals surface area contributed by atoms with Crippen LogP contribution < -0.4 is 14.8 Å². The highest BCUT2D eigenvalue weighted by atomic mass is 32.1. The van der Waals surface area contributed by atoms with Gasteiger partial charge in [0.15, 0.2) is 16.6 Å². The number of nitrogens with zero attached hydrogens (tertiary/aromatic N) is 1. The average molecular weight is 396 g/mol. The average Bonchev–Trinajstić information content (AvgIpc) is 3.20. The molecule has 0 spiro atoms. The van der Waals surface area contributed by atoms with Crippen molar-refractivity contribution in [3.8, 4) is 22.8 Å². The molecule has 1 atom stereocenters. The number of para-hydroxylation sites is 2. The number of hydrogen-bond donors (Lipinski definition) is 1. The summed E-state index contributed by atoms with van der Waals surface area (Å²) in [6, 6.07) is 15.5. The molecule has 1 aliphatic rings. The number of carbonyl (C=O) groups is 1. The topological polar surface area (TPSA) is 69.7 Å². The molecular weight excluding hydrogens is 376 g/mol. The van der Waals surface area contributed by atoms with Crippen molar-refractivity contribution < 1.29 is 19.0 Å². The highest BCUT2D eigenvalue weighted by Crippen LogP contribution is 2.31. The molecule has 0 radical (unpaired) electrons. The zero-order chi connectivity index (χ0) is 19.3. The lowest BCUT2D eigenvalue weighted by Gasteiger charge is -2.25. The molecule has 28 heavy (non-hydrogen) atoms. The largest absolute Gasteiger partial charge is 0.485 e. The van der Waals surface area contributed by atoms with Crippen LogP contribution >= 0.6 is 11.3 Å². The van der Waals surface area contributed by atoms with Crippen molar-refractivity contribution in [2.75, 3.05) is 25.6 Å². The summed E-state index contributed by atoms with van der Waals surface area (Å²) in [6.45, 7) is 0.869. The van der Waals surface area contributed by atoms with Gasteiger partial charge in [-0.05, 0) is 24.1 Å². The van der Waals surface area contributed by atoms with Gasteiger partial charge in [0.1, 0.15) is 6.61 Å². The standard InChI is InChI=1S/C21H20N2O4S/c1-25-11-10-14-6-8-15(9-7-14)16-13-28-21(22-16)23-20(24)19-12-26-17-4-2-3-5-18(17)27-19/h2-9,13,19H,10-12H2,1H3,(H,22,23,24). The van der Waals surface area contributed by atoms with Gasteiger partial charge in [-0.2, -0.15) is 0 Å². The minimum absolute atomic E-state index is 0.171. The van der Waals surface area contributed by atoms with Crippen LogP contribution in [0.1, 0.15) is 5.56 Å². The molecule has 1 N–H and O–H groups in total. The SMILES string of the molecule is COCCc1ccc(-c2csc(NC(=O)C3COc4ccccc4O3)n2)cc1. The predicted molar refractivity (Wildman–Crippen MR) is 108 cm³/mol. The molecule has 1 amide bonds. The van der Waals surface area contributed by atoms with E-state index in [0.29, 0.717) is 23.2 Å². The van der Waals surface area contributed by atoms with Crippen LogP contribution in [0.2, 0.25) is 0 Å². The molecule has 2 aromatic carbocycles. The fourth-order valence-corrected chi connectivity index (χ4v) is 3.58. The predicted octanol–water partition coefficient (Wildman–Crippen LogP) is 3.78. The molecule has 4 rings (SSSR count). The van der Waals surface area contributed by atoms with Gasteiger partial charge >= 0.3 is 0 Å². The summed E-state index contributed by atoms with van der Waals surface area (Å²) < 4.78 is 16.4. The number of rotatable bonds is 6. The van der Waals surface area contributed by atoms with Crippen LogP contribution in [-0.2, 0) is 16.0 Å². The molecular formula is C21H20N2O4S. The van der Waals surface area contributed by atoms with E-state index in [0.717, 1.165) is 17.7 Å². The fourth-order valence-electron chi connectivity index (χ4n) is 2.86. The summed E-state index contributed by atoms with van der Waals surface area (Å²) in [7, 11) is 1.70. The second-order valence-electron chi connectivity index (χ2n) is 6.33. The molecule has 0 aliphatic carbocycles. The van der Waals surface area contributed by atoms with Crippen LogP contribution in [-0.4, -0.2) is 37.3 Å². The molecule has 0 saturated carbocycles. The summed E-state index contributed by atoms with van der Waals surface area (Å²) >= 11 is 1.38. The van der Waals surface area contributed by atoms with Crippen LogP contribution in [0.4, 0.5) is 5.13 Å². The summed E-state index contributed by atoms with van der Waals surface area (Å²) in [6.07, 6.45) is 0.171. The van der Waals surface area contributed by atoms with Gasteiger partial charge in [0.2, 0.25) is 6.10 Å². The Balaban J connectivity index is 1.39. The summed E-state index contributed by atoms with van der Waals surface area (Å²) in [5, 5.41) is 5.28. The van der Waals surface area contributed by atoms with Gasteiger partial charge in [-0.1, -0.05) is 36.4 Å². The van der Waals surface area contributed by atoms with Gasteiger partial charge in [0.25, 0.3) is 5.91 Å². The first kappa shape index (κ1) is 18.5. The number of ether oxygens (including phenoxy) is 3. The van der Waals surface area contributed by atoms with E-state index in [2.05, 4.69) is 22.4 Å². The zero-order valence-corrected chi connectivity index (χ0v) is 16.2. The third-order valence-corrected chi connectivity index (χ3v) is 5.14. The monoisotopic (exact) mass is 396 g/mol. The fraction of sp³-hybridized carbons (Fsp3) is 0.238. The van der Waals surface area contributed by atoms with Crippen molar-refractivity contribution in [2.45, 2.75) is 12.5 Å². The van der Waals surface area contributed by atoms with Crippen LogP contribution in [0.3, 0.4) is 0 Å². The van der Waals surface area contributed by atoms with E-state index in [9.17, 15) is 4.79 Å². The lowest BCUT2D eigenvalue weighted by atomic mass is 10.1. The van der Waals surface area contributed by atoms with Crippen LogP contribution in [0, 0.1) is 0 Å². The lowest BCUT2D eigenvalue weighted by Crippen LogP contribution is -2.40. The maximum atomic E-state index is 12.5. The molecule has 3 aromatic rings. The van der Waals surface area contributed by atoms with Crippen molar-refractivity contribution >= 4 is 22.4 Å². The van der Waals surface area contributed by atoms with Crippen molar-refractivity contribution in [3.05, 3.63) is 59.5 Å². The van der Waals surface area contributed by atoms with E-state index in [4.69, 9.17) is 14.2 Å². The molecule has 1 aromatic heterocycles. The third kappa shape index (κ3) is 4.16. The minimum Gasteiger partial charge on any atom is -0.485 e. The molecule has 2 heterocycles. The van der Waals surface area contributed by atoms with E-state index >= 15 is 0 Å². The van der Waals surface area contributed by atoms with Crippen molar-refractivity contribution in [3.63, 3.8) is 0 Å². The Morgan fingerprint density at radius 3 is 2.79 bits per heavy atom. The highest BCUT2D eigenvalue weighted by Gasteiger charge is 2.27. The quantitative estimate of drug-likeness (QED) is 0.687. The maximum absolute atomic E-state index is 12.5. The smallest absolute Gasteiger partial charge is 0.270 e. The Hall–Kier alpha value is -2.90. The van der Waals surface area contributed by atoms with Crippen LogP contribution in [0.25, 0.3) is 11.3 Å². The first-order valence-electron chi connectivity index (χ1n) is 8.96. The molecule has 7 heteroatoms. The Morgan fingerprint density at radius 2 is 2.00 bits per heavy atom. The number of amides is 1. The number of benzene rings is 2. The number of methoxy groups -OCH3 is 1. The number of carbonyl (C=O) groups excluding carboxylic acids is 1. The molecule has 1 aliphatic heterocycles. The van der Waals surface area contributed by atoms with Crippen LogP contribution in [0.15, 0.2) is 53.9 Å². The highest BCUT2D eigenvalue weighted by molar-refractivity contribution is 7.14. The Labute approximate surface area is 167 Å². The summed E-state index contributed by atoms with van der Waals surface area (Å²) in [5.41, 5.74) is 3.04. The van der Waals surface area contributed by atoms with Crippen molar-refractivity contribution in [1.29, 1.82) is 0 Å². The lowest BCUT2D eigenvalue weighted by molar-refractivity contribution is -0.125. The van der Waals surface area contributed by atoms with Gasteiger partial charge < -0.3 is 14.2 Å². The number of anilines is 1. The molecule has 1 unspecified atom stereocenters. The number of hydrogen-bond acceptors (Lipinski definition) is 6. The van der Waals surface area contributed by atoms with E-state index in [1.807, 2.05) is 35.7 Å². The number of fused-ring (bicyclic) bond motifs is 1. The molecule has 144 valence electrons. The normalized spacial score (nSPS) is 15.2. The second kappa shape index (κ2) is 8.41. The Morgan fingerprint density at radius 1 is 1.21 bits per heavy atom. The van der Waals surface area contributed by atoms with Gasteiger partial charge in [-0.25, -0.2) is 4.98 Å². The van der Waals surface area contributed by atoms with Crippen molar-refractivity contribution in [2.24, 2.45) is 0 Å². The number of thiazole rings is 1. The minimum atomic E-state index is -0.706. The van der Waals surface area contributed by atoms with Gasteiger partial charge in [0.05, 0.1) is 12.3 Å². The summed E-state index contributed by atoms with van der Waals surface area (Å²) in [5.74, 6) is 0.949.